The highest BCUT2D eigenvalue weighted by Crippen LogP contribution is 2.25. The molecule has 0 radical (unpaired) electrons. The van der Waals surface area contributed by atoms with Crippen molar-refractivity contribution in [2.75, 3.05) is 24.5 Å². The molecule has 25 heavy (non-hydrogen) atoms. The van der Waals surface area contributed by atoms with Crippen molar-refractivity contribution in [3.63, 3.8) is 0 Å². The second-order valence-electron chi connectivity index (χ2n) is 5.37. The molecule has 0 unspecified atom stereocenters. The normalized spacial score (nSPS) is 13.4. The number of allylic oxidation sites excluding steroid dienone is 1. The van der Waals surface area contributed by atoms with Crippen LogP contribution in [0.5, 0.6) is 0 Å². The molecular weight excluding hydrogens is 398 g/mol. The molecule has 0 aromatic heterocycles. The van der Waals surface area contributed by atoms with Gasteiger partial charge in [-0.3, -0.25) is 4.99 Å². The third-order valence-corrected chi connectivity index (χ3v) is 4.67. The highest BCUT2D eigenvalue weighted by atomic mass is 35.5. The molecule has 3 rings (SSSR count). The van der Waals surface area contributed by atoms with E-state index in [-0.39, 0.29) is 24.8 Å². The Bertz CT molecular complexity index is 772. The molecule has 0 bridgehead atoms. The summed E-state index contributed by atoms with van der Waals surface area (Å²) in [5.41, 5.74) is 4.42. The molecule has 1 aliphatic heterocycles. The number of rotatable bonds is 3. The lowest BCUT2D eigenvalue weighted by Gasteiger charge is -2.22. The van der Waals surface area contributed by atoms with E-state index in [4.69, 9.17) is 28.2 Å². The Morgan fingerprint density at radius 2 is 1.80 bits per heavy atom. The molecule has 0 spiro atoms. The summed E-state index contributed by atoms with van der Waals surface area (Å²) in [6.45, 7) is 4.89. The van der Waals surface area contributed by atoms with E-state index in [2.05, 4.69) is 42.2 Å². The van der Waals surface area contributed by atoms with Gasteiger partial charge in [0.15, 0.2) is 0 Å². The van der Waals surface area contributed by atoms with Crippen LogP contribution in [0, 0.1) is 0 Å². The van der Waals surface area contributed by atoms with E-state index < -0.39 is 0 Å². The smallest absolute Gasteiger partial charge is 0.0668 e. The number of nitrogens with zero attached hydrogens (tertiary/aromatic N) is 2. The van der Waals surface area contributed by atoms with Gasteiger partial charge in [-0.1, -0.05) is 53.5 Å². The van der Waals surface area contributed by atoms with Crippen LogP contribution in [0.2, 0.25) is 10.0 Å². The van der Waals surface area contributed by atoms with E-state index in [0.29, 0.717) is 10.0 Å². The molecule has 0 atom stereocenters. The second-order valence-corrected chi connectivity index (χ2v) is 6.19. The molecule has 2 nitrogen and oxygen atoms in total. The number of likely N-dealkylation sites (N-methyl/N-ethyl adjacent to an activating group) is 1. The average Bonchev–Trinajstić information content (AvgIpc) is 2.75. The molecule has 2 aromatic rings. The van der Waals surface area contributed by atoms with Crippen molar-refractivity contribution in [2.24, 2.45) is 4.99 Å². The molecule has 0 amide bonds. The minimum atomic E-state index is 0. The van der Waals surface area contributed by atoms with Gasteiger partial charge in [0.05, 0.1) is 22.3 Å². The van der Waals surface area contributed by atoms with E-state index in [1.54, 1.807) is 0 Å². The van der Waals surface area contributed by atoms with Gasteiger partial charge in [0.25, 0.3) is 0 Å². The quantitative estimate of drug-likeness (QED) is 0.582. The first-order valence-electron chi connectivity index (χ1n) is 7.71. The largest absolute Gasteiger partial charge is 0.369 e. The van der Waals surface area contributed by atoms with E-state index in [1.807, 2.05) is 24.3 Å². The first-order chi connectivity index (χ1) is 11.2. The van der Waals surface area contributed by atoms with Crippen molar-refractivity contribution in [3.8, 4) is 0 Å². The van der Waals surface area contributed by atoms with Crippen LogP contribution in [-0.4, -0.2) is 25.3 Å². The van der Waals surface area contributed by atoms with Gasteiger partial charge in [-0.05, 0) is 36.8 Å². The lowest BCUT2D eigenvalue weighted by Crippen LogP contribution is -2.25. The third-order valence-electron chi connectivity index (χ3n) is 3.93. The van der Waals surface area contributed by atoms with Crippen LogP contribution in [0.1, 0.15) is 18.1 Å². The van der Waals surface area contributed by atoms with Crippen molar-refractivity contribution in [2.45, 2.75) is 6.92 Å². The minimum Gasteiger partial charge on any atom is -0.369 e. The first-order valence-corrected chi connectivity index (χ1v) is 8.46. The Labute approximate surface area is 171 Å². The van der Waals surface area contributed by atoms with Gasteiger partial charge < -0.3 is 4.90 Å². The Hall–Kier alpha value is -1.19. The zero-order chi connectivity index (χ0) is 16.2. The van der Waals surface area contributed by atoms with Crippen molar-refractivity contribution < 1.29 is 0 Å². The highest BCUT2D eigenvalue weighted by molar-refractivity contribution is 6.42. The molecule has 0 N–H and O–H groups in total. The molecule has 1 aliphatic rings. The van der Waals surface area contributed by atoms with E-state index in [9.17, 15) is 0 Å². The zero-order valence-corrected chi connectivity index (χ0v) is 16.9. The molecule has 134 valence electrons. The lowest BCUT2D eigenvalue weighted by molar-refractivity contribution is 0.825. The zero-order valence-electron chi connectivity index (χ0n) is 13.8. The monoisotopic (exact) mass is 416 g/mol. The Morgan fingerprint density at radius 3 is 2.52 bits per heavy atom. The number of fused-ring (bicyclic) bond motifs is 1. The van der Waals surface area contributed by atoms with Gasteiger partial charge in [0.1, 0.15) is 0 Å². The maximum absolute atomic E-state index is 6.08. The van der Waals surface area contributed by atoms with Crippen molar-refractivity contribution in [1.82, 2.24) is 0 Å². The average molecular weight is 418 g/mol. The highest BCUT2D eigenvalue weighted by Gasteiger charge is 2.15. The molecular formula is C19H20Cl4N2. The summed E-state index contributed by atoms with van der Waals surface area (Å²) in [6.07, 6.45) is 4.08. The van der Waals surface area contributed by atoms with E-state index in [1.165, 1.54) is 11.3 Å². The summed E-state index contributed by atoms with van der Waals surface area (Å²) in [7, 11) is 0. The maximum Gasteiger partial charge on any atom is 0.0668 e. The number of aliphatic imine (C=N–C) groups is 1. The third kappa shape index (κ3) is 5.15. The molecule has 2 aromatic carbocycles. The topological polar surface area (TPSA) is 15.6 Å². The predicted octanol–water partition coefficient (Wildman–Crippen LogP) is 6.18. The van der Waals surface area contributed by atoms with Crippen molar-refractivity contribution in [1.29, 1.82) is 0 Å². The van der Waals surface area contributed by atoms with Crippen LogP contribution in [0.25, 0.3) is 6.08 Å². The number of benzodiazepines with no additional fused rings is 1. The SMILES string of the molecule is CCN1CCN=C(/C=C/c2ccc(Cl)c(Cl)c2)c2ccccc21.Cl.Cl. The van der Waals surface area contributed by atoms with Crippen LogP contribution in [0.4, 0.5) is 5.69 Å². The Morgan fingerprint density at radius 1 is 1.04 bits per heavy atom. The van der Waals surface area contributed by atoms with E-state index in [0.717, 1.165) is 30.9 Å². The molecule has 6 heteroatoms. The van der Waals surface area contributed by atoms with Gasteiger partial charge >= 0.3 is 0 Å². The number of anilines is 1. The predicted molar refractivity (Wildman–Crippen MR) is 116 cm³/mol. The summed E-state index contributed by atoms with van der Waals surface area (Å²) in [5, 5.41) is 1.13. The van der Waals surface area contributed by atoms with Gasteiger partial charge in [-0.15, -0.1) is 24.8 Å². The van der Waals surface area contributed by atoms with Gasteiger partial charge in [0, 0.05) is 24.3 Å². The number of halogens is 4. The van der Waals surface area contributed by atoms with Crippen LogP contribution in [-0.2, 0) is 0 Å². The summed E-state index contributed by atoms with van der Waals surface area (Å²) in [4.78, 5) is 7.11. The molecule has 0 aliphatic carbocycles. The van der Waals surface area contributed by atoms with Gasteiger partial charge in [-0.25, -0.2) is 0 Å². The fourth-order valence-corrected chi connectivity index (χ4v) is 3.03. The number of hydrogen-bond donors (Lipinski definition) is 0. The van der Waals surface area contributed by atoms with Crippen LogP contribution in [0.3, 0.4) is 0 Å². The maximum atomic E-state index is 6.08. The fourth-order valence-electron chi connectivity index (χ4n) is 2.72. The van der Waals surface area contributed by atoms with Gasteiger partial charge in [-0.2, -0.15) is 0 Å². The standard InChI is InChI=1S/C19H18Cl2N2.2ClH/c1-2-23-12-11-22-18(15-5-3-4-6-19(15)23)10-8-14-7-9-16(20)17(21)13-14;;/h3-10,13H,2,11-12H2,1H3;2*1H/b10-8+;;. The van der Waals surface area contributed by atoms with Crippen molar-refractivity contribution in [3.05, 3.63) is 69.7 Å². The summed E-state index contributed by atoms with van der Waals surface area (Å²) < 4.78 is 0. The summed E-state index contributed by atoms with van der Waals surface area (Å²) >= 11 is 12.0. The summed E-state index contributed by atoms with van der Waals surface area (Å²) in [6, 6.07) is 14.0. The number of benzene rings is 2. The van der Waals surface area contributed by atoms with Crippen LogP contribution >= 0.6 is 48.0 Å². The Kier molecular flexibility index (Phi) is 8.81. The summed E-state index contributed by atoms with van der Waals surface area (Å²) in [5.74, 6) is 0. The molecule has 0 fully saturated rings. The van der Waals surface area contributed by atoms with E-state index >= 15 is 0 Å². The molecule has 1 heterocycles. The van der Waals surface area contributed by atoms with Crippen LogP contribution in [0.15, 0.2) is 53.5 Å². The van der Waals surface area contributed by atoms with Crippen LogP contribution < -0.4 is 4.90 Å². The molecule has 0 saturated heterocycles. The lowest BCUT2D eigenvalue weighted by atomic mass is 10.1. The molecule has 0 saturated carbocycles. The number of para-hydroxylation sites is 1. The van der Waals surface area contributed by atoms with Gasteiger partial charge in [0.2, 0.25) is 0 Å². The first kappa shape index (κ1) is 21.9. The Balaban J connectivity index is 0.00000156. The number of hydrogen-bond acceptors (Lipinski definition) is 2. The second kappa shape index (κ2) is 10.1. The minimum absolute atomic E-state index is 0. The van der Waals surface area contributed by atoms with Crippen molar-refractivity contribution >= 4 is 65.5 Å². The fraction of sp³-hybridized carbons (Fsp3) is 0.211.